The lowest BCUT2D eigenvalue weighted by Gasteiger charge is -2.26. The number of aliphatic carboxylic acids is 1. The van der Waals surface area contributed by atoms with Crippen molar-refractivity contribution >= 4 is 11.9 Å². The van der Waals surface area contributed by atoms with Crippen molar-refractivity contribution in [2.24, 2.45) is 13.0 Å². The Labute approximate surface area is 138 Å². The number of carbonyl (C=O) groups is 2. The third-order valence-corrected chi connectivity index (χ3v) is 4.45. The summed E-state index contributed by atoms with van der Waals surface area (Å²) >= 11 is 0. The van der Waals surface area contributed by atoms with Crippen molar-refractivity contribution in [3.8, 4) is 0 Å². The fraction of sp³-hybridized carbons (Fsp3) is 0.353. The Hall–Kier alpha value is -2.70. The zero-order chi connectivity index (χ0) is 17.3. The van der Waals surface area contributed by atoms with Crippen LogP contribution in [-0.2, 0) is 23.1 Å². The van der Waals surface area contributed by atoms with Crippen LogP contribution in [0.2, 0.25) is 0 Å². The first-order valence-electron chi connectivity index (χ1n) is 7.72. The van der Waals surface area contributed by atoms with Gasteiger partial charge in [0.1, 0.15) is 17.7 Å². The Balaban J connectivity index is 1.86. The lowest BCUT2D eigenvalue weighted by atomic mass is 9.99. The molecule has 1 N–H and O–H groups in total. The monoisotopic (exact) mass is 331 g/mol. The molecule has 2 atom stereocenters. The van der Waals surface area contributed by atoms with E-state index in [2.05, 4.69) is 4.98 Å². The van der Waals surface area contributed by atoms with Crippen molar-refractivity contribution in [1.29, 1.82) is 0 Å². The van der Waals surface area contributed by atoms with Crippen molar-refractivity contribution < 1.29 is 19.1 Å². The highest BCUT2D eigenvalue weighted by Crippen LogP contribution is 2.37. The molecule has 0 aliphatic carbocycles. The summed E-state index contributed by atoms with van der Waals surface area (Å²) < 4.78 is 15.5. The predicted octanol–water partition coefficient (Wildman–Crippen LogP) is 1.78. The molecule has 2 aromatic rings. The summed E-state index contributed by atoms with van der Waals surface area (Å²) in [5.74, 6) is -1.91. The lowest BCUT2D eigenvalue weighted by Crippen LogP contribution is -2.34. The predicted molar refractivity (Wildman–Crippen MR) is 83.5 cm³/mol. The summed E-state index contributed by atoms with van der Waals surface area (Å²) in [7, 11) is 1.76. The van der Waals surface area contributed by atoms with E-state index in [1.807, 2.05) is 0 Å². The lowest BCUT2D eigenvalue weighted by molar-refractivity contribution is -0.142. The number of hydrogen-bond donors (Lipinski definition) is 1. The molecule has 0 bridgehead atoms. The number of aryl methyl sites for hydroxylation is 1. The highest BCUT2D eigenvalue weighted by Gasteiger charge is 2.46. The number of aromatic nitrogens is 2. The first-order valence-corrected chi connectivity index (χ1v) is 7.72. The Kier molecular flexibility index (Phi) is 4.33. The van der Waals surface area contributed by atoms with E-state index in [0.717, 1.165) is 0 Å². The molecule has 1 aliphatic heterocycles. The molecule has 1 saturated heterocycles. The number of benzene rings is 1. The van der Waals surface area contributed by atoms with Gasteiger partial charge in [-0.25, -0.2) is 9.37 Å². The van der Waals surface area contributed by atoms with Crippen LogP contribution in [0.1, 0.15) is 23.9 Å². The highest BCUT2D eigenvalue weighted by atomic mass is 19.1. The third-order valence-electron chi connectivity index (χ3n) is 4.45. The van der Waals surface area contributed by atoms with E-state index in [-0.39, 0.29) is 24.7 Å². The average molecular weight is 331 g/mol. The second kappa shape index (κ2) is 6.43. The Bertz CT molecular complexity index is 774. The molecule has 1 aromatic carbocycles. The van der Waals surface area contributed by atoms with E-state index in [1.165, 1.54) is 11.0 Å². The van der Waals surface area contributed by atoms with Crippen molar-refractivity contribution in [3.05, 3.63) is 53.9 Å². The summed E-state index contributed by atoms with van der Waals surface area (Å²) in [5, 5.41) is 9.46. The van der Waals surface area contributed by atoms with Gasteiger partial charge in [0.25, 0.3) is 0 Å². The molecule has 7 heteroatoms. The van der Waals surface area contributed by atoms with Gasteiger partial charge in [0.2, 0.25) is 5.91 Å². The maximum Gasteiger partial charge on any atom is 0.309 e. The Morgan fingerprint density at radius 3 is 2.79 bits per heavy atom. The molecule has 1 aliphatic rings. The fourth-order valence-electron chi connectivity index (χ4n) is 3.20. The molecule has 2 heterocycles. The van der Waals surface area contributed by atoms with Gasteiger partial charge in [-0.05, 0) is 18.1 Å². The van der Waals surface area contributed by atoms with Crippen LogP contribution in [0.3, 0.4) is 0 Å². The summed E-state index contributed by atoms with van der Waals surface area (Å²) in [6, 6.07) is 5.75. The first-order chi connectivity index (χ1) is 11.5. The van der Waals surface area contributed by atoms with Gasteiger partial charge in [-0.2, -0.15) is 0 Å². The van der Waals surface area contributed by atoms with Crippen LogP contribution >= 0.6 is 0 Å². The first kappa shape index (κ1) is 16.2. The van der Waals surface area contributed by atoms with Crippen LogP contribution < -0.4 is 0 Å². The number of hydrogen-bond acceptors (Lipinski definition) is 3. The van der Waals surface area contributed by atoms with Gasteiger partial charge >= 0.3 is 5.97 Å². The Morgan fingerprint density at radius 2 is 2.17 bits per heavy atom. The van der Waals surface area contributed by atoms with Crippen LogP contribution in [0.15, 0.2) is 36.7 Å². The standard InChI is InChI=1S/C17H18FN3O3/c1-20-9-7-19-16(20)15-12(17(23)24)10-14(22)21(15)8-6-11-4-2-3-5-13(11)18/h2-5,7,9,12,15H,6,8,10H2,1H3,(H,23,24)/t12-,15-/m1/s1. The molecule has 6 nitrogen and oxygen atoms in total. The average Bonchev–Trinajstić information content (AvgIpc) is 3.10. The minimum Gasteiger partial charge on any atom is -0.481 e. The molecule has 126 valence electrons. The van der Waals surface area contributed by atoms with Crippen molar-refractivity contribution in [2.45, 2.75) is 18.9 Å². The summed E-state index contributed by atoms with van der Waals surface area (Å²) in [4.78, 5) is 29.6. The number of carboxylic acids is 1. The second-order valence-electron chi connectivity index (χ2n) is 5.92. The fourth-order valence-corrected chi connectivity index (χ4v) is 3.20. The van der Waals surface area contributed by atoms with E-state index in [4.69, 9.17) is 0 Å². The molecular formula is C17H18FN3O3. The number of amides is 1. The topological polar surface area (TPSA) is 75.4 Å². The van der Waals surface area contributed by atoms with Crippen molar-refractivity contribution in [2.75, 3.05) is 6.54 Å². The molecular weight excluding hydrogens is 313 g/mol. The molecule has 24 heavy (non-hydrogen) atoms. The van der Waals surface area contributed by atoms with Crippen molar-refractivity contribution in [3.63, 3.8) is 0 Å². The van der Waals surface area contributed by atoms with E-state index in [0.29, 0.717) is 17.8 Å². The number of nitrogens with zero attached hydrogens (tertiary/aromatic N) is 3. The van der Waals surface area contributed by atoms with Gasteiger partial charge in [0.05, 0.1) is 5.92 Å². The summed E-state index contributed by atoms with van der Waals surface area (Å²) in [6.45, 7) is 0.251. The minimum atomic E-state index is -1.02. The van der Waals surface area contributed by atoms with Gasteiger partial charge in [-0.15, -0.1) is 0 Å². The van der Waals surface area contributed by atoms with Gasteiger partial charge in [0, 0.05) is 32.4 Å². The SMILES string of the molecule is Cn1ccnc1[C@H]1[C@H](C(=O)O)CC(=O)N1CCc1ccccc1F. The zero-order valence-electron chi connectivity index (χ0n) is 13.2. The second-order valence-corrected chi connectivity index (χ2v) is 5.92. The maximum atomic E-state index is 13.8. The van der Waals surface area contributed by atoms with Gasteiger partial charge in [0.15, 0.2) is 0 Å². The summed E-state index contributed by atoms with van der Waals surface area (Å²) in [5.41, 5.74) is 0.502. The number of rotatable bonds is 5. The molecule has 0 saturated carbocycles. The van der Waals surface area contributed by atoms with Crippen LogP contribution in [0.4, 0.5) is 4.39 Å². The molecule has 0 spiro atoms. The zero-order valence-corrected chi connectivity index (χ0v) is 13.2. The van der Waals surface area contributed by atoms with E-state index in [1.54, 1.807) is 42.2 Å². The normalized spacial score (nSPS) is 20.6. The smallest absolute Gasteiger partial charge is 0.309 e. The number of carbonyl (C=O) groups excluding carboxylic acids is 1. The van der Waals surface area contributed by atoms with Crippen LogP contribution in [0, 0.1) is 11.7 Å². The molecule has 3 rings (SSSR count). The van der Waals surface area contributed by atoms with Gasteiger partial charge in [-0.3, -0.25) is 9.59 Å². The van der Waals surface area contributed by atoms with Crippen LogP contribution in [0.25, 0.3) is 0 Å². The quantitative estimate of drug-likeness (QED) is 0.906. The van der Waals surface area contributed by atoms with E-state index >= 15 is 0 Å². The summed E-state index contributed by atoms with van der Waals surface area (Å²) in [6.07, 6.45) is 3.55. The number of carboxylic acid groups (broad SMARTS) is 1. The van der Waals surface area contributed by atoms with Crippen molar-refractivity contribution in [1.82, 2.24) is 14.5 Å². The molecule has 1 fully saturated rings. The number of imidazole rings is 1. The van der Waals surface area contributed by atoms with Gasteiger partial charge < -0.3 is 14.6 Å². The largest absolute Gasteiger partial charge is 0.481 e. The number of halogens is 1. The van der Waals surface area contributed by atoms with Crippen LogP contribution in [0.5, 0.6) is 0 Å². The molecule has 0 unspecified atom stereocenters. The highest BCUT2D eigenvalue weighted by molar-refractivity contribution is 5.87. The van der Waals surface area contributed by atoms with E-state index in [9.17, 15) is 19.1 Å². The van der Waals surface area contributed by atoms with Crippen LogP contribution in [-0.4, -0.2) is 38.0 Å². The Morgan fingerprint density at radius 1 is 1.42 bits per heavy atom. The molecule has 1 amide bonds. The maximum absolute atomic E-state index is 13.8. The number of likely N-dealkylation sites (tertiary alicyclic amines) is 1. The molecule has 0 radical (unpaired) electrons. The minimum absolute atomic E-state index is 0.0653. The van der Waals surface area contributed by atoms with E-state index < -0.39 is 17.9 Å². The van der Waals surface area contributed by atoms with Gasteiger partial charge in [-0.1, -0.05) is 18.2 Å². The third kappa shape index (κ3) is 2.89. The molecule has 1 aromatic heterocycles.